The van der Waals surface area contributed by atoms with Crippen LogP contribution in [-0.2, 0) is 118 Å². The molecule has 75 heteroatoms. The van der Waals surface area contributed by atoms with E-state index in [0.717, 1.165) is 16.8 Å². The van der Waals surface area contributed by atoms with Crippen LogP contribution in [0.2, 0.25) is 0 Å². The van der Waals surface area contributed by atoms with Crippen molar-refractivity contribution in [2.75, 3.05) is 72.1 Å². The van der Waals surface area contributed by atoms with Crippen LogP contribution >= 0.6 is 77.1 Å². The van der Waals surface area contributed by atoms with Crippen LogP contribution in [0.1, 0.15) is 30.1 Å². The lowest BCUT2D eigenvalue weighted by molar-refractivity contribution is -0.118. The SMILES string of the molecule is C=C1N=C(N)C=CN1C1OC(COP(=O)(O)OP(C)(=O)O)C(O)C1O.C=C1NC(=O)C=CN1C1OC(COP(=O)(O)OP(C)(=O)O)C(O)C1O.CP(=O)(O)OP(=O)(O)OCC1OC(n2cnc3c(N)ncnc32)C(O)C1O.Cc1cn(C2OC(COP(=O)(O)OP(C)(=O)O)C(O)C2O)c(=O)[nH]c1=O.Cc1nc2c(ncn2C2OC(COP(=O)(O)OP(C)(=O)O)C(O)C2O)c(=O)[nH]1. The number of aliphatic imine (C=N–C) groups is 1. The van der Waals surface area contributed by atoms with Gasteiger partial charge in [0.25, 0.3) is 17.0 Å². The number of carbonyl (C=O) groups excluding carboxylic acids is 1. The average molecular weight is 2080 g/mol. The number of amidine groups is 1. The number of aryl methyl sites for hydroxylation is 2. The number of aliphatic hydroxyl groups excluding tert-OH is 10. The number of aliphatic hydroxyl groups is 10. The number of nitrogens with one attached hydrogen (secondary N) is 3. The molecule has 0 aromatic carbocycles. The number of nitrogens with zero attached hydrogens (tertiary/aromatic N) is 11. The van der Waals surface area contributed by atoms with E-state index in [9.17, 15) is 140 Å². The van der Waals surface area contributed by atoms with Gasteiger partial charge in [0.2, 0.25) is 0 Å². The minimum Gasteiger partial charge on any atom is -0.387 e. The first-order valence-electron chi connectivity index (χ1n) is 36.1. The van der Waals surface area contributed by atoms with Crippen LogP contribution in [0.25, 0.3) is 22.3 Å². The van der Waals surface area contributed by atoms with Crippen LogP contribution in [0.4, 0.5) is 5.82 Å². The molecule has 7 aliphatic heterocycles. The zero-order valence-corrected chi connectivity index (χ0v) is 76.9. The standard InChI is InChI=1S/C12H18N4O10P2.C11H17N5O9P2.C11H19N3O9P2.C11H18N2O11P2.C11H18N2O10P2/c1-5-14-10-7(11(19)15-5)13-4-16(10)12-9(18)8(17)6(25-12)3-24-28(22,23)26-27(2,20)21;1-26(19,20)25-27(21,22)23-2-5-7(17)8(18)11(24-5)16-4-15-6-9(12)13-3-14-10(6)16;1-6-13-8(12)3-4-14(6)11-10(16)9(15)7(22-11)5-21-25(19,20)23-24(2,17)18;1-5-3-13(11(17)12-9(5)16)10-8(15)7(14)6(23-10)4-22-26(20,21)24-25(2,18)19;1-6-12-8(14)3-4-13(6)11-10(16)9(15)7(22-11)5-21-25(19,20)23-24(2,17)18/h4,6,8-9,12,17-18H,3H2,1-2H3,(H,20,21)(H,22,23)(H,14,15,19);3-5,7-8,11,17-18H,2H2,1H3,(H,19,20)(H,21,22)(H2,12,13,14);3-4,7,9-11,15-16H,1,5H2,2H3,(H2,12,13)(H,17,18)(H,19,20);3,6-8,10,14-15H,4H2,1-2H3,(H,18,19)(H,20,21)(H,12,16,17);3-4,7,9-11,15-16H,1,5H2,2H3,(H,12,14)(H,17,18)(H,19,20). The van der Waals surface area contributed by atoms with Crippen LogP contribution in [-0.4, -0.2) is 341 Å². The number of aromatic nitrogens is 10. The quantitative estimate of drug-likeness (QED) is 0.0190. The number of ether oxygens (including phenoxy) is 5. The molecule has 0 aliphatic carbocycles. The van der Waals surface area contributed by atoms with E-state index in [0.29, 0.717) is 39.1 Å². The van der Waals surface area contributed by atoms with Crippen LogP contribution < -0.4 is 33.6 Å². The van der Waals surface area contributed by atoms with Gasteiger partial charge in [0.05, 0.1) is 45.7 Å². The van der Waals surface area contributed by atoms with E-state index < -0.39 is 256 Å². The van der Waals surface area contributed by atoms with Crippen molar-refractivity contribution < 1.29 is 218 Å². The number of aromatic amines is 2. The van der Waals surface area contributed by atoms with E-state index in [-0.39, 0.29) is 51.2 Å². The van der Waals surface area contributed by atoms with Gasteiger partial charge in [-0.05, 0) is 19.9 Å². The molecular formula is C56H90N16O49P10. The fourth-order valence-electron chi connectivity index (χ4n) is 11.9. The molecule has 0 spiro atoms. The molecule has 5 aromatic rings. The predicted octanol–water partition coefficient (Wildman–Crippen LogP) is -5.78. The molecule has 5 saturated heterocycles. The fourth-order valence-corrected chi connectivity index (χ4v) is 22.2. The van der Waals surface area contributed by atoms with Gasteiger partial charge in [0.1, 0.15) is 127 Å². The molecule has 0 saturated carbocycles. The van der Waals surface area contributed by atoms with Crippen molar-refractivity contribution in [1.82, 2.24) is 63.7 Å². The van der Waals surface area contributed by atoms with Crippen LogP contribution in [0.5, 0.6) is 0 Å². The lowest BCUT2D eigenvalue weighted by Crippen LogP contribution is -2.46. The van der Waals surface area contributed by atoms with Crippen LogP contribution in [0.3, 0.4) is 0 Å². The second-order valence-corrected chi connectivity index (χ2v) is 45.6. The first kappa shape index (κ1) is 110. The molecule has 30 atom stereocenters. The first-order chi connectivity index (χ1) is 60.0. The van der Waals surface area contributed by atoms with Gasteiger partial charge in [-0.25, -0.2) is 79.1 Å². The Hall–Kier alpha value is -6.22. The number of nitrogens with two attached hydrogens (primary N) is 2. The second-order valence-electron chi connectivity index (χ2n) is 28.3. The summed E-state index contributed by atoms with van der Waals surface area (Å²) in [4.78, 5) is 169. The number of H-pyrrole nitrogens is 2. The molecule has 65 nitrogen and oxygen atoms in total. The number of phosphoric ester groups is 5. The van der Waals surface area contributed by atoms with E-state index in [1.54, 1.807) is 6.92 Å². The Morgan fingerprint density at radius 3 is 1.11 bits per heavy atom. The smallest absolute Gasteiger partial charge is 0.387 e. The van der Waals surface area contributed by atoms with Gasteiger partial charge in [-0.1, -0.05) is 13.2 Å². The number of hydrogen-bond acceptors (Lipinski definition) is 49. The third-order valence-corrected chi connectivity index (χ3v) is 29.9. The maximum atomic E-state index is 11.9. The van der Waals surface area contributed by atoms with Crippen molar-refractivity contribution in [3.8, 4) is 0 Å². The molecule has 27 N–H and O–H groups in total. The van der Waals surface area contributed by atoms with Crippen molar-refractivity contribution in [3.63, 3.8) is 0 Å². The molecule has 30 unspecified atom stereocenters. The first-order valence-corrected chi connectivity index (χ1v) is 53.7. The molecule has 738 valence electrons. The van der Waals surface area contributed by atoms with Crippen LogP contribution in [0, 0.1) is 13.8 Å². The lowest BCUT2D eigenvalue weighted by Gasteiger charge is -2.32. The topological polar surface area (TPSA) is 976 Å². The Kier molecular flexibility index (Phi) is 36.3. The van der Waals surface area contributed by atoms with E-state index in [2.05, 4.69) is 97.5 Å². The van der Waals surface area contributed by atoms with E-state index in [1.165, 1.54) is 63.3 Å². The van der Waals surface area contributed by atoms with Crippen molar-refractivity contribution in [2.45, 2.75) is 137 Å². The van der Waals surface area contributed by atoms with E-state index in [1.807, 2.05) is 4.98 Å². The van der Waals surface area contributed by atoms with Gasteiger partial charge in [0, 0.05) is 63.6 Å². The summed E-state index contributed by atoms with van der Waals surface area (Å²) >= 11 is 0. The number of anilines is 1. The summed E-state index contributed by atoms with van der Waals surface area (Å²) in [5, 5.41) is 103. The van der Waals surface area contributed by atoms with Gasteiger partial charge in [-0.2, -0.15) is 0 Å². The van der Waals surface area contributed by atoms with Crippen molar-refractivity contribution >= 4 is 117 Å². The third-order valence-electron chi connectivity index (χ3n) is 17.4. The summed E-state index contributed by atoms with van der Waals surface area (Å²) in [5.41, 5.74) is 9.90. The third kappa shape index (κ3) is 30.9. The summed E-state index contributed by atoms with van der Waals surface area (Å²) < 4.78 is 186. The summed E-state index contributed by atoms with van der Waals surface area (Å²) in [5.74, 6) is 0.410. The van der Waals surface area contributed by atoms with Gasteiger partial charge in [-0.3, -0.25) is 78.5 Å². The molecule has 0 bridgehead atoms. The predicted molar refractivity (Wildman–Crippen MR) is 431 cm³/mol. The van der Waals surface area contributed by atoms with Crippen molar-refractivity contribution in [1.29, 1.82) is 0 Å². The number of nitrogen functional groups attached to an aromatic ring is 1. The number of carbonyl (C=O) groups is 1. The number of hydrogen-bond donors (Lipinski definition) is 25. The number of fused-ring (bicyclic) bond motifs is 2. The van der Waals surface area contributed by atoms with Crippen molar-refractivity contribution in [3.05, 3.63) is 117 Å². The molecule has 12 heterocycles. The zero-order chi connectivity index (χ0) is 98.7. The maximum Gasteiger partial charge on any atom is 0.479 e. The molecule has 5 aromatic heterocycles. The van der Waals surface area contributed by atoms with Gasteiger partial charge < -0.3 is 155 Å². The molecule has 5 fully saturated rings. The number of amides is 1. The molecule has 12 rings (SSSR count). The summed E-state index contributed by atoms with van der Waals surface area (Å²) in [6.45, 7) is 10.0. The Morgan fingerprint density at radius 2 is 0.748 bits per heavy atom. The highest BCUT2D eigenvalue weighted by Crippen LogP contribution is 2.62. The molecule has 1 amide bonds. The highest BCUT2D eigenvalue weighted by molar-refractivity contribution is 7.65. The van der Waals surface area contributed by atoms with Gasteiger partial charge in [0.15, 0.2) is 53.8 Å². The normalized spacial score (nSPS) is 31.8. The Labute approximate surface area is 732 Å². The number of rotatable bonds is 30. The average Bonchev–Trinajstić information content (AvgIpc) is 1.62. The largest absolute Gasteiger partial charge is 0.479 e. The zero-order valence-electron chi connectivity index (χ0n) is 67.9. The van der Waals surface area contributed by atoms with Gasteiger partial charge >= 0.3 is 82.8 Å². The molecule has 131 heavy (non-hydrogen) atoms. The lowest BCUT2D eigenvalue weighted by atomic mass is 10.1. The fraction of sp³-hybridized carbons (Fsp3) is 0.571. The summed E-state index contributed by atoms with van der Waals surface area (Å²) in [7, 11) is -45.9. The summed E-state index contributed by atoms with van der Waals surface area (Å²) in [6, 6.07) is 0. The Balaban J connectivity index is 0.000000202. The number of imidazole rings is 2. The maximum absolute atomic E-state index is 11.9. The highest BCUT2D eigenvalue weighted by atomic mass is 31.3. The van der Waals surface area contributed by atoms with Crippen LogP contribution in [0.15, 0.2) is 93.9 Å². The Morgan fingerprint density at radius 1 is 0.420 bits per heavy atom. The van der Waals surface area contributed by atoms with Crippen molar-refractivity contribution in [2.24, 2.45) is 10.7 Å². The van der Waals surface area contributed by atoms with E-state index in [4.69, 9.17) is 59.6 Å². The second kappa shape index (κ2) is 43.2. The molecule has 0 radical (unpaired) electrons. The summed E-state index contributed by atoms with van der Waals surface area (Å²) in [6.07, 6.45) is -17.5. The monoisotopic (exact) mass is 2080 g/mol. The van der Waals surface area contributed by atoms with E-state index >= 15 is 0 Å². The minimum atomic E-state index is -4.93. The minimum absolute atomic E-state index is 0.00880. The molecular weight excluding hydrogens is 1990 g/mol. The van der Waals surface area contributed by atoms with Gasteiger partial charge in [-0.15, -0.1) is 0 Å². The molecule has 7 aliphatic rings. The highest BCUT2D eigenvalue weighted by Gasteiger charge is 2.53. The number of phosphoric acid groups is 5. The Bertz CT molecular complexity index is 5790.